The number of benzene rings is 2. The van der Waals surface area contributed by atoms with Crippen LogP contribution in [0.4, 0.5) is 5.69 Å². The van der Waals surface area contributed by atoms with Crippen molar-refractivity contribution in [1.82, 2.24) is 4.90 Å². The third-order valence-electron chi connectivity index (χ3n) is 6.53. The molecule has 0 radical (unpaired) electrons. The van der Waals surface area contributed by atoms with Crippen LogP contribution in [0.2, 0.25) is 0 Å². The van der Waals surface area contributed by atoms with Gasteiger partial charge in [0.05, 0.1) is 6.04 Å². The minimum Gasteiger partial charge on any atom is -0.489 e. The molecule has 2 atom stereocenters. The highest BCUT2D eigenvalue weighted by Gasteiger charge is 2.25. The number of hydrogen-bond acceptors (Lipinski definition) is 5. The van der Waals surface area contributed by atoms with Crippen LogP contribution in [0.3, 0.4) is 0 Å². The number of allylic oxidation sites excluding steroid dienone is 1. The third-order valence-corrected chi connectivity index (χ3v) is 6.53. The van der Waals surface area contributed by atoms with Crippen LogP contribution >= 0.6 is 0 Å². The Hall–Kier alpha value is -2.63. The van der Waals surface area contributed by atoms with Crippen molar-refractivity contribution in [2.75, 3.05) is 31.1 Å². The summed E-state index contributed by atoms with van der Waals surface area (Å²) in [5.74, 6) is 1.33. The van der Waals surface area contributed by atoms with Gasteiger partial charge in [-0.2, -0.15) is 0 Å². The van der Waals surface area contributed by atoms with Crippen molar-refractivity contribution >= 4 is 12.0 Å². The number of likely N-dealkylation sites (tertiary alicyclic amines) is 1. The SMILES string of the molecule is CC(C)=CCN(c1ccc(OCc2ccccc2)cc1)C1CCN(CC(C)CC(N)C=O)CC1. The summed E-state index contributed by atoms with van der Waals surface area (Å²) < 4.78 is 5.99. The molecule has 2 aromatic rings. The monoisotopic (exact) mass is 463 g/mol. The molecule has 0 aliphatic carbocycles. The van der Waals surface area contributed by atoms with E-state index in [1.54, 1.807) is 0 Å². The van der Waals surface area contributed by atoms with Crippen LogP contribution in [-0.4, -0.2) is 49.4 Å². The molecule has 0 aromatic heterocycles. The van der Waals surface area contributed by atoms with E-state index >= 15 is 0 Å². The number of aldehydes is 1. The van der Waals surface area contributed by atoms with Gasteiger partial charge in [-0.25, -0.2) is 0 Å². The highest BCUT2D eigenvalue weighted by Crippen LogP contribution is 2.27. The van der Waals surface area contributed by atoms with Crippen molar-refractivity contribution in [3.63, 3.8) is 0 Å². The summed E-state index contributed by atoms with van der Waals surface area (Å²) in [6, 6.07) is 19.0. The number of nitrogens with two attached hydrogens (primary N) is 1. The number of ether oxygens (including phenoxy) is 1. The highest BCUT2D eigenvalue weighted by atomic mass is 16.5. The maximum absolute atomic E-state index is 10.9. The van der Waals surface area contributed by atoms with Crippen LogP contribution in [0.5, 0.6) is 5.75 Å². The first-order valence-corrected chi connectivity index (χ1v) is 12.5. The minimum atomic E-state index is -0.341. The van der Waals surface area contributed by atoms with Gasteiger partial charge >= 0.3 is 0 Å². The largest absolute Gasteiger partial charge is 0.489 e. The molecule has 1 aliphatic heterocycles. The van der Waals surface area contributed by atoms with Crippen LogP contribution < -0.4 is 15.4 Å². The van der Waals surface area contributed by atoms with Crippen LogP contribution in [-0.2, 0) is 11.4 Å². The van der Waals surface area contributed by atoms with E-state index in [0.717, 1.165) is 57.5 Å². The van der Waals surface area contributed by atoms with Gasteiger partial charge in [-0.15, -0.1) is 0 Å². The second kappa shape index (κ2) is 13.3. The maximum atomic E-state index is 10.9. The third kappa shape index (κ3) is 8.30. The van der Waals surface area contributed by atoms with Gasteiger partial charge < -0.3 is 25.1 Å². The van der Waals surface area contributed by atoms with E-state index in [4.69, 9.17) is 10.5 Å². The molecule has 0 bridgehead atoms. The first kappa shape index (κ1) is 26.0. The topological polar surface area (TPSA) is 58.8 Å². The summed E-state index contributed by atoms with van der Waals surface area (Å²) in [5, 5.41) is 0. The zero-order valence-corrected chi connectivity index (χ0v) is 21.0. The number of nitrogens with zero attached hydrogens (tertiary/aromatic N) is 2. The van der Waals surface area contributed by atoms with E-state index < -0.39 is 0 Å². The number of anilines is 1. The first-order chi connectivity index (χ1) is 16.4. The zero-order valence-electron chi connectivity index (χ0n) is 21.0. The highest BCUT2D eigenvalue weighted by molar-refractivity contribution is 5.56. The van der Waals surface area contributed by atoms with Gasteiger partial charge in [-0.1, -0.05) is 48.9 Å². The Labute approximate surface area is 205 Å². The standard InChI is InChI=1S/C29H41N3O2/c1-23(2)13-18-32(28-14-16-31(17-15-28)20-24(3)19-26(30)21-33)27-9-11-29(12-10-27)34-22-25-7-5-4-6-8-25/h4-13,21,24,26,28H,14-20,22,30H2,1-3H3. The molecule has 1 aliphatic rings. The second-order valence-corrected chi connectivity index (χ2v) is 9.87. The number of piperidine rings is 1. The summed E-state index contributed by atoms with van der Waals surface area (Å²) in [5.41, 5.74) is 9.57. The van der Waals surface area contributed by atoms with E-state index in [0.29, 0.717) is 18.6 Å². The van der Waals surface area contributed by atoms with Gasteiger partial charge in [0.1, 0.15) is 18.6 Å². The van der Waals surface area contributed by atoms with Crippen molar-refractivity contribution in [2.24, 2.45) is 11.7 Å². The fourth-order valence-corrected chi connectivity index (χ4v) is 4.67. The summed E-state index contributed by atoms with van der Waals surface area (Å²) in [4.78, 5) is 15.9. The molecule has 5 heteroatoms. The molecular formula is C29H41N3O2. The van der Waals surface area contributed by atoms with Crippen molar-refractivity contribution in [3.05, 3.63) is 71.8 Å². The van der Waals surface area contributed by atoms with E-state index in [-0.39, 0.29) is 6.04 Å². The fraction of sp³-hybridized carbons (Fsp3) is 0.483. The number of carbonyl (C=O) groups excluding carboxylic acids is 1. The van der Waals surface area contributed by atoms with Gasteiger partial charge in [-0.05, 0) is 68.9 Å². The van der Waals surface area contributed by atoms with E-state index in [2.05, 4.69) is 73.0 Å². The minimum absolute atomic E-state index is 0.341. The summed E-state index contributed by atoms with van der Waals surface area (Å²) >= 11 is 0. The van der Waals surface area contributed by atoms with E-state index in [1.165, 1.54) is 16.8 Å². The zero-order chi connectivity index (χ0) is 24.3. The molecule has 2 N–H and O–H groups in total. The number of rotatable bonds is 12. The molecular weight excluding hydrogens is 422 g/mol. The molecule has 1 fully saturated rings. The predicted octanol–water partition coefficient (Wildman–Crippen LogP) is 5.06. The first-order valence-electron chi connectivity index (χ1n) is 12.5. The van der Waals surface area contributed by atoms with E-state index in [1.807, 2.05) is 18.2 Å². The van der Waals surface area contributed by atoms with Crippen LogP contribution in [0.1, 0.15) is 45.6 Å². The quantitative estimate of drug-likeness (QED) is 0.352. The summed E-state index contributed by atoms with van der Waals surface area (Å²) in [6.07, 6.45) is 6.20. The molecule has 2 unspecified atom stereocenters. The molecule has 34 heavy (non-hydrogen) atoms. The average Bonchev–Trinajstić information content (AvgIpc) is 2.85. The van der Waals surface area contributed by atoms with Crippen molar-refractivity contribution in [1.29, 1.82) is 0 Å². The lowest BCUT2D eigenvalue weighted by atomic mass is 9.98. The van der Waals surface area contributed by atoms with Gasteiger partial charge in [0.15, 0.2) is 0 Å². The van der Waals surface area contributed by atoms with Gasteiger partial charge in [-0.3, -0.25) is 0 Å². The lowest BCUT2D eigenvalue weighted by Gasteiger charge is -2.40. The van der Waals surface area contributed by atoms with Gasteiger partial charge in [0.25, 0.3) is 0 Å². The Balaban J connectivity index is 1.58. The molecule has 3 rings (SSSR count). The molecule has 0 amide bonds. The molecule has 5 nitrogen and oxygen atoms in total. The Bertz CT molecular complexity index is 885. The lowest BCUT2D eigenvalue weighted by molar-refractivity contribution is -0.109. The fourth-order valence-electron chi connectivity index (χ4n) is 4.67. The van der Waals surface area contributed by atoms with Crippen molar-refractivity contribution in [3.8, 4) is 5.75 Å². The average molecular weight is 464 g/mol. The molecule has 1 saturated heterocycles. The normalized spacial score (nSPS) is 16.5. The lowest BCUT2D eigenvalue weighted by Crippen LogP contribution is -2.46. The van der Waals surface area contributed by atoms with Crippen LogP contribution in [0.15, 0.2) is 66.2 Å². The Morgan fingerprint density at radius 1 is 1.12 bits per heavy atom. The molecule has 0 spiro atoms. The molecule has 2 aromatic carbocycles. The molecule has 0 saturated carbocycles. The summed E-state index contributed by atoms with van der Waals surface area (Å²) in [7, 11) is 0. The Kier molecular flexibility index (Phi) is 10.2. The molecule has 1 heterocycles. The van der Waals surface area contributed by atoms with Gasteiger partial charge in [0.2, 0.25) is 0 Å². The maximum Gasteiger partial charge on any atom is 0.136 e. The Morgan fingerprint density at radius 3 is 2.41 bits per heavy atom. The van der Waals surface area contributed by atoms with E-state index in [9.17, 15) is 4.79 Å². The van der Waals surface area contributed by atoms with Crippen LogP contribution in [0, 0.1) is 5.92 Å². The predicted molar refractivity (Wildman–Crippen MR) is 141 cm³/mol. The number of hydrogen-bond donors (Lipinski definition) is 1. The smallest absolute Gasteiger partial charge is 0.136 e. The van der Waals surface area contributed by atoms with Gasteiger partial charge in [0, 0.05) is 37.9 Å². The molecule has 184 valence electrons. The Morgan fingerprint density at radius 2 is 1.79 bits per heavy atom. The van der Waals surface area contributed by atoms with Crippen molar-refractivity contribution in [2.45, 2.75) is 58.7 Å². The number of carbonyl (C=O) groups is 1. The van der Waals surface area contributed by atoms with Crippen LogP contribution in [0.25, 0.3) is 0 Å². The summed E-state index contributed by atoms with van der Waals surface area (Å²) in [6.45, 7) is 11.2. The van der Waals surface area contributed by atoms with Crippen molar-refractivity contribution < 1.29 is 9.53 Å². The second-order valence-electron chi connectivity index (χ2n) is 9.87.